The molecule has 2 aromatic rings. The Hall–Kier alpha value is -2.24. The van der Waals surface area contributed by atoms with Crippen molar-refractivity contribution < 1.29 is 12.9 Å². The van der Waals surface area contributed by atoms with E-state index in [4.69, 9.17) is 5.26 Å². The highest BCUT2D eigenvalue weighted by molar-refractivity contribution is 7.89. The van der Waals surface area contributed by atoms with Crippen LogP contribution in [-0.4, -0.2) is 18.6 Å². The summed E-state index contributed by atoms with van der Waals surface area (Å²) in [6.07, 6.45) is 2.40. The van der Waals surface area contributed by atoms with Crippen molar-refractivity contribution >= 4 is 10.0 Å². The maximum Gasteiger partial charge on any atom is 0.241 e. The summed E-state index contributed by atoms with van der Waals surface area (Å²) in [5.41, 5.74) is -0.494. The molecule has 1 heterocycles. The van der Waals surface area contributed by atoms with Gasteiger partial charge in [0.25, 0.3) is 0 Å². The molecule has 8 heteroatoms. The Morgan fingerprint density at radius 2 is 2.20 bits per heavy atom. The Morgan fingerprint density at radius 1 is 1.40 bits per heavy atom. The lowest BCUT2D eigenvalue weighted by molar-refractivity contribution is 0.399. The molecular formula is C12H10N4O3S. The van der Waals surface area contributed by atoms with Crippen LogP contribution in [-0.2, 0) is 15.6 Å². The Morgan fingerprint density at radius 3 is 2.80 bits per heavy atom. The normalized spacial score (nSPS) is 16.6. The van der Waals surface area contributed by atoms with E-state index < -0.39 is 15.6 Å². The van der Waals surface area contributed by atoms with Crippen molar-refractivity contribution in [2.24, 2.45) is 0 Å². The van der Waals surface area contributed by atoms with Crippen molar-refractivity contribution in [3.05, 3.63) is 42.0 Å². The summed E-state index contributed by atoms with van der Waals surface area (Å²) >= 11 is 0. The van der Waals surface area contributed by atoms with E-state index in [1.165, 1.54) is 24.6 Å². The standard InChI is InChI=1S/C12H10N4O3S/c13-7-9-2-1-3-10(6-9)20(17,18)16-12(4-5-12)11-14-8-19-15-11/h1-3,6,8,16H,4-5H2. The predicted octanol–water partition coefficient (Wildman–Crippen LogP) is 0.909. The summed E-state index contributed by atoms with van der Waals surface area (Å²) in [5.74, 6) is 0.331. The fourth-order valence-corrected chi connectivity index (χ4v) is 3.39. The lowest BCUT2D eigenvalue weighted by Crippen LogP contribution is -2.35. The van der Waals surface area contributed by atoms with Crippen molar-refractivity contribution in [3.8, 4) is 6.07 Å². The molecule has 1 saturated carbocycles. The topological polar surface area (TPSA) is 109 Å². The van der Waals surface area contributed by atoms with Gasteiger partial charge in [0.1, 0.15) is 0 Å². The number of sulfonamides is 1. The van der Waals surface area contributed by atoms with E-state index in [0.717, 1.165) is 0 Å². The van der Waals surface area contributed by atoms with Crippen LogP contribution in [0.5, 0.6) is 0 Å². The number of aromatic nitrogens is 2. The van der Waals surface area contributed by atoms with Crippen LogP contribution in [0, 0.1) is 11.3 Å². The zero-order chi connectivity index (χ0) is 14.2. The van der Waals surface area contributed by atoms with Crippen LogP contribution < -0.4 is 4.72 Å². The molecule has 0 saturated heterocycles. The quantitative estimate of drug-likeness (QED) is 0.896. The smallest absolute Gasteiger partial charge is 0.241 e. The minimum absolute atomic E-state index is 0.0475. The molecule has 1 fully saturated rings. The summed E-state index contributed by atoms with van der Waals surface area (Å²) in [4.78, 5) is 3.95. The van der Waals surface area contributed by atoms with Crippen LogP contribution in [0.1, 0.15) is 24.2 Å². The number of rotatable bonds is 4. The van der Waals surface area contributed by atoms with E-state index in [2.05, 4.69) is 19.4 Å². The lowest BCUT2D eigenvalue weighted by Gasteiger charge is -2.13. The molecule has 0 atom stereocenters. The van der Waals surface area contributed by atoms with E-state index in [1.54, 1.807) is 6.07 Å². The van der Waals surface area contributed by atoms with Gasteiger partial charge in [-0.15, -0.1) is 0 Å². The number of hydrogen-bond acceptors (Lipinski definition) is 6. The van der Waals surface area contributed by atoms with Crippen molar-refractivity contribution in [2.45, 2.75) is 23.3 Å². The first kappa shape index (κ1) is 12.8. The Bertz CT molecular complexity index is 773. The molecule has 0 unspecified atom stereocenters. The van der Waals surface area contributed by atoms with Crippen LogP contribution in [0.25, 0.3) is 0 Å². The average molecular weight is 290 g/mol. The monoisotopic (exact) mass is 290 g/mol. The second kappa shape index (κ2) is 4.40. The molecule has 0 bridgehead atoms. The average Bonchev–Trinajstić information content (AvgIpc) is 3.01. The second-order valence-corrected chi connectivity index (χ2v) is 6.26. The van der Waals surface area contributed by atoms with Crippen LogP contribution in [0.3, 0.4) is 0 Å². The maximum absolute atomic E-state index is 12.3. The summed E-state index contributed by atoms with van der Waals surface area (Å²) in [6.45, 7) is 0. The number of hydrogen-bond donors (Lipinski definition) is 1. The molecule has 0 aliphatic heterocycles. The fraction of sp³-hybridized carbons (Fsp3) is 0.250. The molecule has 7 nitrogen and oxygen atoms in total. The zero-order valence-electron chi connectivity index (χ0n) is 10.3. The van der Waals surface area contributed by atoms with Crippen LogP contribution >= 0.6 is 0 Å². The van der Waals surface area contributed by atoms with Gasteiger partial charge in [-0.05, 0) is 31.0 Å². The van der Waals surface area contributed by atoms with Crippen LogP contribution in [0.4, 0.5) is 0 Å². The van der Waals surface area contributed by atoms with Gasteiger partial charge >= 0.3 is 0 Å². The van der Waals surface area contributed by atoms with E-state index in [1.807, 2.05) is 6.07 Å². The number of nitrogens with zero attached hydrogens (tertiary/aromatic N) is 3. The Kier molecular flexibility index (Phi) is 2.81. The third kappa shape index (κ3) is 2.17. The first-order valence-electron chi connectivity index (χ1n) is 5.87. The van der Waals surface area contributed by atoms with Crippen molar-refractivity contribution in [1.82, 2.24) is 14.9 Å². The van der Waals surface area contributed by atoms with Crippen molar-refractivity contribution in [2.75, 3.05) is 0 Å². The minimum Gasteiger partial charge on any atom is -0.343 e. The highest BCUT2D eigenvalue weighted by Gasteiger charge is 2.51. The minimum atomic E-state index is -3.74. The summed E-state index contributed by atoms with van der Waals surface area (Å²) in [5, 5.41) is 12.5. The highest BCUT2D eigenvalue weighted by atomic mass is 32.2. The predicted molar refractivity (Wildman–Crippen MR) is 66.7 cm³/mol. The third-order valence-electron chi connectivity index (χ3n) is 3.14. The van der Waals surface area contributed by atoms with Gasteiger partial charge < -0.3 is 4.52 Å². The van der Waals surface area contributed by atoms with Crippen molar-refractivity contribution in [3.63, 3.8) is 0 Å². The van der Waals surface area contributed by atoms with E-state index >= 15 is 0 Å². The molecule has 1 N–H and O–H groups in total. The van der Waals surface area contributed by atoms with Gasteiger partial charge in [0, 0.05) is 0 Å². The molecule has 1 aliphatic rings. The molecule has 1 aromatic carbocycles. The molecule has 1 aromatic heterocycles. The second-order valence-electron chi connectivity index (χ2n) is 4.58. The van der Waals surface area contributed by atoms with E-state index in [0.29, 0.717) is 18.7 Å². The zero-order valence-corrected chi connectivity index (χ0v) is 11.1. The Labute approximate surface area is 115 Å². The van der Waals surface area contributed by atoms with Gasteiger partial charge in [0.05, 0.1) is 22.1 Å². The molecule has 0 radical (unpaired) electrons. The molecule has 102 valence electrons. The third-order valence-corrected chi connectivity index (χ3v) is 4.68. The lowest BCUT2D eigenvalue weighted by atomic mass is 10.2. The maximum atomic E-state index is 12.3. The first-order valence-corrected chi connectivity index (χ1v) is 7.35. The number of nitriles is 1. The largest absolute Gasteiger partial charge is 0.343 e. The molecule has 0 spiro atoms. The summed E-state index contributed by atoms with van der Waals surface area (Å²) in [6, 6.07) is 7.76. The van der Waals surface area contributed by atoms with E-state index in [-0.39, 0.29) is 10.5 Å². The fourth-order valence-electron chi connectivity index (χ4n) is 1.93. The van der Waals surface area contributed by atoms with Crippen LogP contribution in [0.15, 0.2) is 40.1 Å². The number of nitrogens with one attached hydrogen (secondary N) is 1. The molecular weight excluding hydrogens is 280 g/mol. The van der Waals surface area contributed by atoms with Gasteiger partial charge in [0.2, 0.25) is 16.4 Å². The highest BCUT2D eigenvalue weighted by Crippen LogP contribution is 2.44. The molecule has 0 amide bonds. The Balaban J connectivity index is 1.92. The SMILES string of the molecule is N#Cc1cccc(S(=O)(=O)NC2(c3ncon3)CC2)c1. The molecule has 3 rings (SSSR count). The van der Waals surface area contributed by atoms with Gasteiger partial charge in [0.15, 0.2) is 5.82 Å². The van der Waals surface area contributed by atoms with Gasteiger partial charge in [-0.1, -0.05) is 11.2 Å². The molecule has 1 aliphatic carbocycles. The van der Waals surface area contributed by atoms with Gasteiger partial charge in [-0.2, -0.15) is 15.0 Å². The van der Waals surface area contributed by atoms with Gasteiger partial charge in [-0.25, -0.2) is 8.42 Å². The van der Waals surface area contributed by atoms with Gasteiger partial charge in [-0.3, -0.25) is 0 Å². The van der Waals surface area contributed by atoms with Crippen molar-refractivity contribution in [1.29, 1.82) is 5.26 Å². The summed E-state index contributed by atoms with van der Waals surface area (Å²) < 4.78 is 31.9. The number of benzene rings is 1. The molecule has 20 heavy (non-hydrogen) atoms. The first-order chi connectivity index (χ1) is 9.56. The summed E-state index contributed by atoms with van der Waals surface area (Å²) in [7, 11) is -3.74. The van der Waals surface area contributed by atoms with Crippen LogP contribution in [0.2, 0.25) is 0 Å². The van der Waals surface area contributed by atoms with E-state index in [9.17, 15) is 8.42 Å².